The van der Waals surface area contributed by atoms with Crippen LogP contribution in [0.25, 0.3) is 0 Å². The Morgan fingerprint density at radius 3 is 2.69 bits per heavy atom. The Hall–Kier alpha value is -0.720. The number of methoxy groups -OCH3 is 1. The van der Waals surface area contributed by atoms with Gasteiger partial charge in [-0.25, -0.2) is 0 Å². The average molecular weight is 357 g/mol. The first-order chi connectivity index (χ1) is 12.4. The summed E-state index contributed by atoms with van der Waals surface area (Å²) in [5.41, 5.74) is 2.91. The summed E-state index contributed by atoms with van der Waals surface area (Å²) in [6.45, 7) is 10.2. The molecular formula is C25H40O. The standard InChI is InChI=1S/C25H40O/c1-17-10-13-24(3)19(16-17)6-7-20-22-9-8-21(18(2)12-15-26-5)25(22,4)14-11-23(20)24/h6,12,15,17-18,20-23H,7-11,13-14,16H2,1-5H3/t17-,18+,20?,21+,22?,23?,24-,25+/m0/s1. The van der Waals surface area contributed by atoms with E-state index < -0.39 is 0 Å². The van der Waals surface area contributed by atoms with Gasteiger partial charge >= 0.3 is 0 Å². The van der Waals surface area contributed by atoms with Crippen LogP contribution in [0.2, 0.25) is 0 Å². The number of hydrogen-bond donors (Lipinski definition) is 0. The predicted octanol–water partition coefficient (Wildman–Crippen LogP) is 7.00. The summed E-state index contributed by atoms with van der Waals surface area (Å²) in [7, 11) is 1.77. The quantitative estimate of drug-likeness (QED) is 0.391. The molecule has 3 unspecified atom stereocenters. The predicted molar refractivity (Wildman–Crippen MR) is 110 cm³/mol. The third kappa shape index (κ3) is 2.71. The lowest BCUT2D eigenvalue weighted by Crippen LogP contribution is -2.50. The van der Waals surface area contributed by atoms with E-state index in [1.807, 2.05) is 11.8 Å². The maximum Gasteiger partial charge on any atom is 0.0787 e. The van der Waals surface area contributed by atoms with Gasteiger partial charge in [-0.3, -0.25) is 0 Å². The molecule has 26 heavy (non-hydrogen) atoms. The molecule has 0 aromatic carbocycles. The lowest BCUT2D eigenvalue weighted by Gasteiger charge is -2.58. The van der Waals surface area contributed by atoms with Crippen molar-refractivity contribution in [1.82, 2.24) is 0 Å². The summed E-state index contributed by atoms with van der Waals surface area (Å²) < 4.78 is 5.22. The van der Waals surface area contributed by atoms with E-state index in [1.54, 1.807) is 7.11 Å². The summed E-state index contributed by atoms with van der Waals surface area (Å²) in [6, 6.07) is 0. The molecule has 0 bridgehead atoms. The van der Waals surface area contributed by atoms with E-state index in [2.05, 4.69) is 39.8 Å². The molecule has 0 radical (unpaired) electrons. The smallest absolute Gasteiger partial charge is 0.0787 e. The molecule has 0 aromatic heterocycles. The van der Waals surface area contributed by atoms with Crippen molar-refractivity contribution in [2.24, 2.45) is 46.3 Å². The molecule has 3 saturated carbocycles. The van der Waals surface area contributed by atoms with Crippen LogP contribution in [0.5, 0.6) is 0 Å². The zero-order valence-corrected chi connectivity index (χ0v) is 17.8. The van der Waals surface area contributed by atoms with Crippen molar-refractivity contribution in [2.45, 2.75) is 79.1 Å². The molecule has 8 atom stereocenters. The van der Waals surface area contributed by atoms with E-state index in [1.165, 1.54) is 51.4 Å². The highest BCUT2D eigenvalue weighted by molar-refractivity contribution is 5.25. The van der Waals surface area contributed by atoms with Crippen molar-refractivity contribution >= 4 is 0 Å². The molecule has 146 valence electrons. The number of ether oxygens (including phenoxy) is 1. The van der Waals surface area contributed by atoms with Crippen molar-refractivity contribution in [3.8, 4) is 0 Å². The van der Waals surface area contributed by atoms with Crippen LogP contribution in [0.3, 0.4) is 0 Å². The third-order valence-corrected chi connectivity index (χ3v) is 9.58. The molecule has 0 amide bonds. The number of allylic oxidation sites excluding steroid dienone is 3. The maximum absolute atomic E-state index is 5.22. The molecule has 1 heteroatoms. The number of rotatable bonds is 3. The molecule has 4 aliphatic carbocycles. The van der Waals surface area contributed by atoms with Crippen molar-refractivity contribution < 1.29 is 4.74 Å². The molecule has 4 aliphatic rings. The largest absolute Gasteiger partial charge is 0.505 e. The molecule has 0 aromatic rings. The van der Waals surface area contributed by atoms with Gasteiger partial charge in [-0.2, -0.15) is 0 Å². The summed E-state index contributed by atoms with van der Waals surface area (Å²) in [6.07, 6.45) is 18.4. The Bertz CT molecular complexity index is 589. The summed E-state index contributed by atoms with van der Waals surface area (Å²) in [5.74, 6) is 5.23. The molecule has 3 fully saturated rings. The zero-order valence-electron chi connectivity index (χ0n) is 17.8. The van der Waals surface area contributed by atoms with Crippen LogP contribution in [-0.2, 0) is 4.74 Å². The van der Waals surface area contributed by atoms with E-state index in [0.29, 0.717) is 16.7 Å². The molecule has 4 rings (SSSR count). The fourth-order valence-corrected chi connectivity index (χ4v) is 8.08. The minimum atomic E-state index is 0.524. The zero-order chi connectivity index (χ0) is 18.5. The van der Waals surface area contributed by atoms with Gasteiger partial charge in [-0.15, -0.1) is 0 Å². The minimum absolute atomic E-state index is 0.524. The molecule has 0 heterocycles. The van der Waals surface area contributed by atoms with Gasteiger partial charge in [0.05, 0.1) is 13.4 Å². The second-order valence-corrected chi connectivity index (χ2v) is 10.8. The first kappa shape index (κ1) is 18.6. The molecule has 0 N–H and O–H groups in total. The fourth-order valence-electron chi connectivity index (χ4n) is 8.08. The van der Waals surface area contributed by atoms with Gasteiger partial charge in [0.25, 0.3) is 0 Å². The lowest BCUT2D eigenvalue weighted by molar-refractivity contribution is -0.0487. The van der Waals surface area contributed by atoms with Crippen LogP contribution in [0.4, 0.5) is 0 Å². The van der Waals surface area contributed by atoms with E-state index in [-0.39, 0.29) is 0 Å². The van der Waals surface area contributed by atoms with Crippen LogP contribution < -0.4 is 0 Å². The molecule has 0 saturated heterocycles. The first-order valence-electron chi connectivity index (χ1n) is 11.3. The second-order valence-electron chi connectivity index (χ2n) is 10.8. The Balaban J connectivity index is 1.59. The Kier molecular flexibility index (Phi) is 4.81. The normalized spacial score (nSPS) is 49.1. The maximum atomic E-state index is 5.22. The first-order valence-corrected chi connectivity index (χ1v) is 11.3. The number of hydrogen-bond acceptors (Lipinski definition) is 1. The van der Waals surface area contributed by atoms with Crippen molar-refractivity contribution in [3.63, 3.8) is 0 Å². The molecule has 0 aliphatic heterocycles. The van der Waals surface area contributed by atoms with Crippen LogP contribution >= 0.6 is 0 Å². The summed E-state index contributed by atoms with van der Waals surface area (Å²) >= 11 is 0. The van der Waals surface area contributed by atoms with Crippen LogP contribution in [0.15, 0.2) is 24.0 Å². The van der Waals surface area contributed by atoms with E-state index in [0.717, 1.165) is 29.6 Å². The minimum Gasteiger partial charge on any atom is -0.505 e. The monoisotopic (exact) mass is 356 g/mol. The highest BCUT2D eigenvalue weighted by Gasteiger charge is 2.58. The van der Waals surface area contributed by atoms with Crippen LogP contribution in [0.1, 0.15) is 79.1 Å². The van der Waals surface area contributed by atoms with Gasteiger partial charge in [-0.1, -0.05) is 39.3 Å². The van der Waals surface area contributed by atoms with Crippen molar-refractivity contribution in [2.75, 3.05) is 7.11 Å². The Morgan fingerprint density at radius 1 is 1.12 bits per heavy atom. The molecule has 1 nitrogen and oxygen atoms in total. The van der Waals surface area contributed by atoms with Gasteiger partial charge in [0, 0.05) is 0 Å². The van der Waals surface area contributed by atoms with Gasteiger partial charge in [-0.05, 0) is 104 Å². The van der Waals surface area contributed by atoms with Gasteiger partial charge in [0.15, 0.2) is 0 Å². The van der Waals surface area contributed by atoms with Crippen molar-refractivity contribution in [1.29, 1.82) is 0 Å². The summed E-state index contributed by atoms with van der Waals surface area (Å²) in [4.78, 5) is 0. The van der Waals surface area contributed by atoms with Gasteiger partial charge in [0.2, 0.25) is 0 Å². The number of fused-ring (bicyclic) bond motifs is 5. The van der Waals surface area contributed by atoms with Gasteiger partial charge < -0.3 is 4.74 Å². The fraction of sp³-hybridized carbons (Fsp3) is 0.840. The topological polar surface area (TPSA) is 9.23 Å². The second kappa shape index (κ2) is 6.71. The van der Waals surface area contributed by atoms with Gasteiger partial charge in [0.1, 0.15) is 0 Å². The van der Waals surface area contributed by atoms with E-state index >= 15 is 0 Å². The lowest BCUT2D eigenvalue weighted by atomic mass is 9.46. The Morgan fingerprint density at radius 2 is 1.92 bits per heavy atom. The summed E-state index contributed by atoms with van der Waals surface area (Å²) in [5, 5.41) is 0. The van der Waals surface area contributed by atoms with Crippen LogP contribution in [0, 0.1) is 46.3 Å². The Labute approximate surface area is 161 Å². The molecular weight excluding hydrogens is 316 g/mol. The highest BCUT2D eigenvalue weighted by atomic mass is 16.5. The van der Waals surface area contributed by atoms with E-state index in [9.17, 15) is 0 Å². The molecule has 0 spiro atoms. The van der Waals surface area contributed by atoms with Crippen LogP contribution in [-0.4, -0.2) is 7.11 Å². The van der Waals surface area contributed by atoms with E-state index in [4.69, 9.17) is 4.74 Å². The average Bonchev–Trinajstić information content (AvgIpc) is 2.97. The highest BCUT2D eigenvalue weighted by Crippen LogP contribution is 2.67. The SMILES string of the molecule is COC=C[C@@H](C)[C@H]1CCC2C3CC=C4C[C@@H](C)CC[C@]4(C)C3CC[C@@]21C. The van der Waals surface area contributed by atoms with Crippen molar-refractivity contribution in [3.05, 3.63) is 24.0 Å². The third-order valence-electron chi connectivity index (χ3n) is 9.58.